The quantitative estimate of drug-likeness (QED) is 0.530. The van der Waals surface area contributed by atoms with Crippen LogP contribution in [0.25, 0.3) is 0 Å². The number of aromatic amines is 1. The molecule has 1 aromatic heterocycles. The average molecular weight is 184 g/mol. The minimum Gasteiger partial charge on any atom is -0.378 e. The second kappa shape index (κ2) is 3.90. The Bertz CT molecular complexity index is 392. The SMILES string of the molecule is Cn1c(=O)[nH]cc(NCCN)c1=O. The van der Waals surface area contributed by atoms with Gasteiger partial charge in [-0.05, 0) is 0 Å². The molecule has 0 aromatic carbocycles. The number of nitrogens with two attached hydrogens (primary N) is 1. The molecule has 0 aliphatic carbocycles. The molecule has 0 bridgehead atoms. The third-order valence-electron chi connectivity index (χ3n) is 1.64. The number of hydrogen-bond donors (Lipinski definition) is 3. The number of H-pyrrole nitrogens is 1. The van der Waals surface area contributed by atoms with E-state index in [4.69, 9.17) is 5.73 Å². The Labute approximate surface area is 74.4 Å². The molecule has 0 unspecified atom stereocenters. The lowest BCUT2D eigenvalue weighted by Gasteiger charge is -2.03. The molecule has 6 nitrogen and oxygen atoms in total. The van der Waals surface area contributed by atoms with Crippen LogP contribution in [0.1, 0.15) is 0 Å². The summed E-state index contributed by atoms with van der Waals surface area (Å²) < 4.78 is 0.999. The number of aromatic nitrogens is 2. The first kappa shape index (κ1) is 9.53. The summed E-state index contributed by atoms with van der Waals surface area (Å²) in [7, 11) is 1.41. The number of hydrogen-bond acceptors (Lipinski definition) is 4. The summed E-state index contributed by atoms with van der Waals surface area (Å²) in [5.74, 6) is 0. The van der Waals surface area contributed by atoms with Crippen molar-refractivity contribution < 1.29 is 0 Å². The van der Waals surface area contributed by atoms with Crippen LogP contribution in [0.4, 0.5) is 5.69 Å². The molecule has 4 N–H and O–H groups in total. The van der Waals surface area contributed by atoms with E-state index in [0.29, 0.717) is 18.8 Å². The van der Waals surface area contributed by atoms with Crippen molar-refractivity contribution in [3.05, 3.63) is 27.0 Å². The van der Waals surface area contributed by atoms with Crippen LogP contribution in [0.2, 0.25) is 0 Å². The van der Waals surface area contributed by atoms with Gasteiger partial charge in [0.1, 0.15) is 5.69 Å². The van der Waals surface area contributed by atoms with Gasteiger partial charge in [-0.1, -0.05) is 0 Å². The number of nitrogens with zero attached hydrogens (tertiary/aromatic N) is 1. The smallest absolute Gasteiger partial charge is 0.328 e. The van der Waals surface area contributed by atoms with Gasteiger partial charge in [-0.25, -0.2) is 4.79 Å². The van der Waals surface area contributed by atoms with E-state index in [1.165, 1.54) is 13.2 Å². The lowest BCUT2D eigenvalue weighted by molar-refractivity contribution is 0.775. The van der Waals surface area contributed by atoms with Crippen molar-refractivity contribution in [2.45, 2.75) is 0 Å². The van der Waals surface area contributed by atoms with Crippen LogP contribution < -0.4 is 22.3 Å². The lowest BCUT2D eigenvalue weighted by atomic mass is 10.5. The predicted octanol–water partition coefficient (Wildman–Crippen LogP) is -1.56. The highest BCUT2D eigenvalue weighted by Gasteiger charge is 2.01. The van der Waals surface area contributed by atoms with Crippen LogP contribution >= 0.6 is 0 Å². The first-order valence-corrected chi connectivity index (χ1v) is 3.89. The lowest BCUT2D eigenvalue weighted by Crippen LogP contribution is -2.34. The summed E-state index contributed by atoms with van der Waals surface area (Å²) in [6.45, 7) is 0.934. The molecule has 13 heavy (non-hydrogen) atoms. The summed E-state index contributed by atoms with van der Waals surface area (Å²) in [6, 6.07) is 0. The molecule has 0 saturated heterocycles. The first-order chi connectivity index (χ1) is 6.16. The molecule has 6 heteroatoms. The second-order valence-electron chi connectivity index (χ2n) is 2.59. The van der Waals surface area contributed by atoms with Gasteiger partial charge in [-0.15, -0.1) is 0 Å². The Morgan fingerprint density at radius 2 is 2.31 bits per heavy atom. The highest BCUT2D eigenvalue weighted by Crippen LogP contribution is 1.90. The predicted molar refractivity (Wildman–Crippen MR) is 49.8 cm³/mol. The molecule has 72 valence electrons. The van der Waals surface area contributed by atoms with Gasteiger partial charge in [0.25, 0.3) is 5.56 Å². The Kier molecular flexibility index (Phi) is 2.86. The molecular weight excluding hydrogens is 172 g/mol. The highest BCUT2D eigenvalue weighted by atomic mass is 16.2. The van der Waals surface area contributed by atoms with E-state index in [0.717, 1.165) is 4.57 Å². The van der Waals surface area contributed by atoms with Gasteiger partial charge in [0, 0.05) is 26.3 Å². The third kappa shape index (κ3) is 1.97. The molecule has 0 fully saturated rings. The maximum absolute atomic E-state index is 11.3. The van der Waals surface area contributed by atoms with E-state index < -0.39 is 5.69 Å². The Hall–Kier alpha value is -1.56. The zero-order valence-electron chi connectivity index (χ0n) is 7.33. The number of nitrogens with one attached hydrogen (secondary N) is 2. The van der Waals surface area contributed by atoms with Crippen LogP contribution in [0.3, 0.4) is 0 Å². The normalized spacial score (nSPS) is 10.0. The van der Waals surface area contributed by atoms with Crippen molar-refractivity contribution in [3.63, 3.8) is 0 Å². The van der Waals surface area contributed by atoms with Crippen molar-refractivity contribution in [1.82, 2.24) is 9.55 Å². The van der Waals surface area contributed by atoms with Crippen LogP contribution in [-0.2, 0) is 7.05 Å². The van der Waals surface area contributed by atoms with Crippen molar-refractivity contribution in [2.75, 3.05) is 18.4 Å². The molecule has 1 heterocycles. The number of anilines is 1. The van der Waals surface area contributed by atoms with Crippen molar-refractivity contribution in [3.8, 4) is 0 Å². The molecule has 0 spiro atoms. The fourth-order valence-electron chi connectivity index (χ4n) is 0.899. The van der Waals surface area contributed by atoms with Crippen molar-refractivity contribution in [2.24, 2.45) is 12.8 Å². The molecule has 0 radical (unpaired) electrons. The van der Waals surface area contributed by atoms with E-state index in [1.807, 2.05) is 0 Å². The molecule has 0 aliphatic heterocycles. The zero-order chi connectivity index (χ0) is 9.84. The topological polar surface area (TPSA) is 92.9 Å². The number of rotatable bonds is 3. The van der Waals surface area contributed by atoms with Crippen LogP contribution in [0.5, 0.6) is 0 Å². The van der Waals surface area contributed by atoms with Gasteiger partial charge in [-0.3, -0.25) is 9.36 Å². The van der Waals surface area contributed by atoms with Crippen LogP contribution in [0, 0.1) is 0 Å². The summed E-state index contributed by atoms with van der Waals surface area (Å²) in [5.41, 5.74) is 4.83. The highest BCUT2D eigenvalue weighted by molar-refractivity contribution is 5.37. The molecule has 0 amide bonds. The van der Waals surface area contributed by atoms with Gasteiger partial charge >= 0.3 is 5.69 Å². The van der Waals surface area contributed by atoms with Crippen molar-refractivity contribution in [1.29, 1.82) is 0 Å². The Balaban J connectivity index is 3.05. The summed E-state index contributed by atoms with van der Waals surface area (Å²) >= 11 is 0. The summed E-state index contributed by atoms with van der Waals surface area (Å²) in [6.07, 6.45) is 1.35. The minimum absolute atomic E-state index is 0.350. The first-order valence-electron chi connectivity index (χ1n) is 3.89. The van der Waals surface area contributed by atoms with E-state index >= 15 is 0 Å². The van der Waals surface area contributed by atoms with E-state index in [-0.39, 0.29) is 5.56 Å². The molecule has 0 atom stereocenters. The summed E-state index contributed by atoms with van der Waals surface area (Å²) in [5, 5.41) is 2.80. The fourth-order valence-corrected chi connectivity index (χ4v) is 0.899. The molecule has 1 rings (SSSR count). The molecular formula is C7H12N4O2. The molecule has 0 aliphatic rings. The maximum atomic E-state index is 11.3. The minimum atomic E-state index is -0.428. The van der Waals surface area contributed by atoms with Gasteiger partial charge in [0.05, 0.1) is 0 Å². The van der Waals surface area contributed by atoms with E-state index in [2.05, 4.69) is 10.3 Å². The Morgan fingerprint density at radius 1 is 1.62 bits per heavy atom. The molecule has 0 saturated carbocycles. The average Bonchev–Trinajstić information content (AvgIpc) is 2.13. The largest absolute Gasteiger partial charge is 0.378 e. The third-order valence-corrected chi connectivity index (χ3v) is 1.64. The van der Waals surface area contributed by atoms with Gasteiger partial charge in [-0.2, -0.15) is 0 Å². The van der Waals surface area contributed by atoms with Gasteiger partial charge in [0.15, 0.2) is 0 Å². The molecule has 1 aromatic rings. The fraction of sp³-hybridized carbons (Fsp3) is 0.429. The van der Waals surface area contributed by atoms with Gasteiger partial charge < -0.3 is 16.0 Å². The van der Waals surface area contributed by atoms with Crippen molar-refractivity contribution >= 4 is 5.69 Å². The Morgan fingerprint density at radius 3 is 2.92 bits per heavy atom. The summed E-state index contributed by atoms with van der Waals surface area (Å²) in [4.78, 5) is 24.7. The maximum Gasteiger partial charge on any atom is 0.328 e. The van der Waals surface area contributed by atoms with Gasteiger partial charge in [0.2, 0.25) is 0 Å². The zero-order valence-corrected chi connectivity index (χ0v) is 7.33. The van der Waals surface area contributed by atoms with E-state index in [9.17, 15) is 9.59 Å². The van der Waals surface area contributed by atoms with Crippen LogP contribution in [-0.4, -0.2) is 22.6 Å². The van der Waals surface area contributed by atoms with E-state index in [1.54, 1.807) is 0 Å². The second-order valence-corrected chi connectivity index (χ2v) is 2.59. The standard InChI is InChI=1S/C7H12N4O2/c1-11-6(12)5(9-3-2-8)4-10-7(11)13/h4,9H,2-3,8H2,1H3,(H,10,13). The monoisotopic (exact) mass is 184 g/mol. The van der Waals surface area contributed by atoms with Crippen LogP contribution in [0.15, 0.2) is 15.8 Å².